The summed E-state index contributed by atoms with van der Waals surface area (Å²) in [6.45, 7) is 1.91. The summed E-state index contributed by atoms with van der Waals surface area (Å²) in [6, 6.07) is 9.09. The summed E-state index contributed by atoms with van der Waals surface area (Å²) in [5.41, 5.74) is 7.40. The molecule has 3 heterocycles. The molecule has 0 aromatic carbocycles. The van der Waals surface area contributed by atoms with Crippen LogP contribution in [0.25, 0.3) is 10.2 Å². The molecule has 0 atom stereocenters. The van der Waals surface area contributed by atoms with Crippen LogP contribution < -0.4 is 11.1 Å². The van der Waals surface area contributed by atoms with Crippen molar-refractivity contribution in [2.24, 2.45) is 0 Å². The van der Waals surface area contributed by atoms with Crippen LogP contribution in [0.5, 0.6) is 0 Å². The summed E-state index contributed by atoms with van der Waals surface area (Å²) in [5, 5.41) is 3.54. The Balaban J connectivity index is 1.97. The summed E-state index contributed by atoms with van der Waals surface area (Å²) in [5.74, 6) is 0.236. The highest BCUT2D eigenvalue weighted by molar-refractivity contribution is 7.21. The third-order valence-corrected chi connectivity index (χ3v) is 3.96. The molecule has 0 radical (unpaired) electrons. The maximum absolute atomic E-state index is 12.2. The van der Waals surface area contributed by atoms with Crippen LogP contribution in [0.2, 0.25) is 0 Å². The Labute approximate surface area is 119 Å². The van der Waals surface area contributed by atoms with E-state index in [0.717, 1.165) is 15.9 Å². The van der Waals surface area contributed by atoms with Crippen molar-refractivity contribution in [1.82, 2.24) is 9.97 Å². The molecule has 100 valence electrons. The van der Waals surface area contributed by atoms with E-state index in [-0.39, 0.29) is 5.91 Å². The minimum atomic E-state index is -0.262. The van der Waals surface area contributed by atoms with Crippen molar-refractivity contribution < 1.29 is 4.79 Å². The van der Waals surface area contributed by atoms with Gasteiger partial charge in [0.05, 0.1) is 5.69 Å². The van der Waals surface area contributed by atoms with Crippen LogP contribution >= 0.6 is 11.3 Å². The van der Waals surface area contributed by atoms with Crippen LogP contribution in [0.3, 0.4) is 0 Å². The summed E-state index contributed by atoms with van der Waals surface area (Å²) in [7, 11) is 0. The lowest BCUT2D eigenvalue weighted by atomic mass is 10.2. The molecule has 0 saturated carbocycles. The van der Waals surface area contributed by atoms with E-state index in [2.05, 4.69) is 15.3 Å². The maximum Gasteiger partial charge on any atom is 0.269 e. The van der Waals surface area contributed by atoms with Gasteiger partial charge in [0.15, 0.2) is 0 Å². The SMILES string of the molecule is Cc1ccc2c(N)c(C(=O)Nc3ccccn3)sc2n1. The first-order valence-electron chi connectivity index (χ1n) is 6.03. The van der Waals surface area contributed by atoms with Crippen LogP contribution in [0.4, 0.5) is 11.5 Å². The van der Waals surface area contributed by atoms with Gasteiger partial charge in [-0.1, -0.05) is 6.07 Å². The third-order valence-electron chi connectivity index (χ3n) is 2.85. The zero-order chi connectivity index (χ0) is 14.1. The molecule has 1 amide bonds. The number of anilines is 2. The van der Waals surface area contributed by atoms with Gasteiger partial charge in [-0.3, -0.25) is 4.79 Å². The number of carbonyl (C=O) groups excluding carboxylic acids is 1. The molecular weight excluding hydrogens is 272 g/mol. The Morgan fingerprint density at radius 3 is 2.90 bits per heavy atom. The molecule has 6 heteroatoms. The van der Waals surface area contributed by atoms with Gasteiger partial charge in [-0.25, -0.2) is 9.97 Å². The number of pyridine rings is 2. The van der Waals surface area contributed by atoms with E-state index in [1.54, 1.807) is 18.3 Å². The van der Waals surface area contributed by atoms with Gasteiger partial charge in [0.2, 0.25) is 0 Å². The Bertz CT molecular complexity index is 782. The van der Waals surface area contributed by atoms with Gasteiger partial charge in [-0.15, -0.1) is 11.3 Å². The fourth-order valence-corrected chi connectivity index (χ4v) is 2.90. The molecule has 0 bridgehead atoms. The lowest BCUT2D eigenvalue weighted by Gasteiger charge is -2.02. The average Bonchev–Trinajstić information content (AvgIpc) is 2.76. The molecule has 0 aliphatic heterocycles. The number of hydrogen-bond donors (Lipinski definition) is 2. The van der Waals surface area contributed by atoms with Crippen LogP contribution in [0.1, 0.15) is 15.4 Å². The van der Waals surface area contributed by atoms with E-state index < -0.39 is 0 Å². The number of rotatable bonds is 2. The summed E-state index contributed by atoms with van der Waals surface area (Å²) >= 11 is 1.29. The zero-order valence-electron chi connectivity index (χ0n) is 10.8. The number of nitrogens with one attached hydrogen (secondary N) is 1. The topological polar surface area (TPSA) is 80.9 Å². The molecule has 3 rings (SSSR count). The van der Waals surface area contributed by atoms with Crippen LogP contribution in [-0.2, 0) is 0 Å². The normalized spacial score (nSPS) is 10.7. The molecule has 0 unspecified atom stereocenters. The first-order valence-corrected chi connectivity index (χ1v) is 6.85. The number of nitrogens with zero attached hydrogens (tertiary/aromatic N) is 2. The monoisotopic (exact) mass is 284 g/mol. The van der Waals surface area contributed by atoms with E-state index in [9.17, 15) is 4.79 Å². The number of nitrogen functional groups attached to an aromatic ring is 1. The second kappa shape index (κ2) is 4.90. The van der Waals surface area contributed by atoms with Crippen molar-refractivity contribution in [3.05, 3.63) is 47.1 Å². The van der Waals surface area contributed by atoms with Crippen molar-refractivity contribution in [2.75, 3.05) is 11.1 Å². The fraction of sp³-hybridized carbons (Fsp3) is 0.0714. The Hall–Kier alpha value is -2.47. The molecule has 3 N–H and O–H groups in total. The second-order valence-electron chi connectivity index (χ2n) is 4.32. The van der Waals surface area contributed by atoms with Gasteiger partial charge >= 0.3 is 0 Å². The van der Waals surface area contributed by atoms with Gasteiger partial charge in [0, 0.05) is 17.3 Å². The van der Waals surface area contributed by atoms with E-state index in [0.29, 0.717) is 16.4 Å². The molecule has 0 spiro atoms. The van der Waals surface area contributed by atoms with Gasteiger partial charge in [0.1, 0.15) is 15.5 Å². The fourth-order valence-electron chi connectivity index (χ4n) is 1.87. The Morgan fingerprint density at radius 2 is 2.15 bits per heavy atom. The van der Waals surface area contributed by atoms with Gasteiger partial charge in [-0.2, -0.15) is 0 Å². The van der Waals surface area contributed by atoms with E-state index >= 15 is 0 Å². The van der Waals surface area contributed by atoms with Crippen molar-refractivity contribution >= 4 is 39.0 Å². The van der Waals surface area contributed by atoms with E-state index in [1.807, 2.05) is 25.1 Å². The van der Waals surface area contributed by atoms with Crippen LogP contribution in [0, 0.1) is 6.92 Å². The number of amides is 1. The lowest BCUT2D eigenvalue weighted by molar-refractivity contribution is 0.103. The van der Waals surface area contributed by atoms with Crippen molar-refractivity contribution in [2.45, 2.75) is 6.92 Å². The number of fused-ring (bicyclic) bond motifs is 1. The minimum absolute atomic E-state index is 0.262. The first kappa shape index (κ1) is 12.6. The standard InChI is InChI=1S/C14H12N4OS/c1-8-5-6-9-11(15)12(20-14(9)17-8)13(19)18-10-4-2-3-7-16-10/h2-7H,15H2,1H3,(H,16,18,19). The predicted molar refractivity (Wildman–Crippen MR) is 81.0 cm³/mol. The Morgan fingerprint density at radius 1 is 1.30 bits per heavy atom. The van der Waals surface area contributed by atoms with E-state index in [4.69, 9.17) is 5.73 Å². The van der Waals surface area contributed by atoms with Gasteiger partial charge in [-0.05, 0) is 31.2 Å². The average molecular weight is 284 g/mol. The number of aryl methyl sites for hydroxylation is 1. The number of hydrogen-bond acceptors (Lipinski definition) is 5. The molecular formula is C14H12N4OS. The second-order valence-corrected chi connectivity index (χ2v) is 5.32. The summed E-state index contributed by atoms with van der Waals surface area (Å²) in [6.07, 6.45) is 1.62. The maximum atomic E-state index is 12.2. The van der Waals surface area contributed by atoms with Gasteiger partial charge < -0.3 is 11.1 Å². The number of thiophene rings is 1. The summed E-state index contributed by atoms with van der Waals surface area (Å²) < 4.78 is 0. The summed E-state index contributed by atoms with van der Waals surface area (Å²) in [4.78, 5) is 21.9. The van der Waals surface area contributed by atoms with Crippen LogP contribution in [0.15, 0.2) is 36.5 Å². The molecule has 0 aliphatic carbocycles. The van der Waals surface area contributed by atoms with Crippen molar-refractivity contribution in [3.63, 3.8) is 0 Å². The molecule has 3 aromatic rings. The smallest absolute Gasteiger partial charge is 0.269 e. The third kappa shape index (κ3) is 2.21. The van der Waals surface area contributed by atoms with Crippen molar-refractivity contribution in [1.29, 1.82) is 0 Å². The largest absolute Gasteiger partial charge is 0.397 e. The number of nitrogens with two attached hydrogens (primary N) is 1. The van der Waals surface area contributed by atoms with E-state index in [1.165, 1.54) is 11.3 Å². The van der Waals surface area contributed by atoms with Crippen LogP contribution in [-0.4, -0.2) is 15.9 Å². The predicted octanol–water partition coefficient (Wildman–Crippen LogP) is 2.83. The minimum Gasteiger partial charge on any atom is -0.397 e. The number of aromatic nitrogens is 2. The molecule has 0 saturated heterocycles. The first-order chi connectivity index (χ1) is 9.65. The van der Waals surface area contributed by atoms with Crippen molar-refractivity contribution in [3.8, 4) is 0 Å². The highest BCUT2D eigenvalue weighted by atomic mass is 32.1. The quantitative estimate of drug-likeness (QED) is 0.758. The Kier molecular flexibility index (Phi) is 3.08. The molecule has 0 fully saturated rings. The molecule has 5 nitrogen and oxygen atoms in total. The molecule has 0 aliphatic rings. The zero-order valence-corrected chi connectivity index (χ0v) is 11.6. The van der Waals surface area contributed by atoms with Gasteiger partial charge in [0.25, 0.3) is 5.91 Å². The molecule has 3 aromatic heterocycles. The molecule has 20 heavy (non-hydrogen) atoms. The lowest BCUT2D eigenvalue weighted by Crippen LogP contribution is -2.12. The highest BCUT2D eigenvalue weighted by Crippen LogP contribution is 2.32. The highest BCUT2D eigenvalue weighted by Gasteiger charge is 2.17. The number of carbonyl (C=O) groups is 1.